The van der Waals surface area contributed by atoms with Gasteiger partial charge in [0.25, 0.3) is 0 Å². The number of thioether (sulfide) groups is 1. The van der Waals surface area contributed by atoms with E-state index in [1.807, 2.05) is 47.0 Å². The van der Waals surface area contributed by atoms with Crippen LogP contribution in [0.4, 0.5) is 5.69 Å². The van der Waals surface area contributed by atoms with Gasteiger partial charge in [0.15, 0.2) is 0 Å². The van der Waals surface area contributed by atoms with Crippen molar-refractivity contribution in [3.63, 3.8) is 0 Å². The lowest BCUT2D eigenvalue weighted by molar-refractivity contribution is -0.135. The lowest BCUT2D eigenvalue weighted by atomic mass is 10.2. The molecule has 0 amide bonds. The zero-order valence-electron chi connectivity index (χ0n) is 9.00. The summed E-state index contributed by atoms with van der Waals surface area (Å²) in [7, 11) is 0. The van der Waals surface area contributed by atoms with E-state index in [4.69, 9.17) is 5.11 Å². The first-order chi connectivity index (χ1) is 7.77. The van der Waals surface area contributed by atoms with E-state index in [-0.39, 0.29) is 6.54 Å². The van der Waals surface area contributed by atoms with Gasteiger partial charge in [-0.3, -0.25) is 4.79 Å². The Kier molecular flexibility index (Phi) is 3.72. The van der Waals surface area contributed by atoms with Gasteiger partial charge in [-0.05, 0) is 24.3 Å². The number of aliphatic carboxylic acids is 1. The molecule has 1 N–H and O–H groups in total. The molecule has 0 aromatic heterocycles. The Hall–Kier alpha value is -1.16. The first kappa shape index (κ1) is 11.3. The normalized spacial score (nSPS) is 19.6. The highest BCUT2D eigenvalue weighted by Gasteiger charge is 2.24. The molecule has 1 saturated heterocycles. The molecule has 1 aromatic rings. The Morgan fingerprint density at radius 2 is 2.19 bits per heavy atom. The van der Waals surface area contributed by atoms with Crippen LogP contribution in [0, 0.1) is 0 Å². The molecule has 1 unspecified atom stereocenters. The number of benzene rings is 1. The van der Waals surface area contributed by atoms with Gasteiger partial charge in [-0.15, -0.1) is 0 Å². The fourth-order valence-electron chi connectivity index (χ4n) is 1.96. The molecule has 1 atom stereocenters. The van der Waals surface area contributed by atoms with Gasteiger partial charge < -0.3 is 10.0 Å². The summed E-state index contributed by atoms with van der Waals surface area (Å²) in [5.74, 6) is 1.40. The number of carboxylic acid groups (broad SMARTS) is 1. The summed E-state index contributed by atoms with van der Waals surface area (Å²) < 4.78 is 0. The van der Waals surface area contributed by atoms with Crippen LogP contribution in [0.15, 0.2) is 30.3 Å². The fraction of sp³-hybridized carbons (Fsp3) is 0.417. The standard InChI is InChI=1S/C12H15NO2S/c14-12(15)8-13(11-6-7-16-9-11)10-4-2-1-3-5-10/h1-5,11H,6-9H2,(H,14,15). The molecule has 1 aliphatic heterocycles. The van der Waals surface area contributed by atoms with Gasteiger partial charge in [-0.1, -0.05) is 18.2 Å². The van der Waals surface area contributed by atoms with Gasteiger partial charge in [0.05, 0.1) is 0 Å². The topological polar surface area (TPSA) is 40.5 Å². The highest BCUT2D eigenvalue weighted by Crippen LogP contribution is 2.26. The van der Waals surface area contributed by atoms with Crippen molar-refractivity contribution in [2.75, 3.05) is 23.0 Å². The third-order valence-corrected chi connectivity index (χ3v) is 3.88. The van der Waals surface area contributed by atoms with Crippen molar-refractivity contribution in [3.8, 4) is 0 Å². The first-order valence-electron chi connectivity index (χ1n) is 5.38. The van der Waals surface area contributed by atoms with Gasteiger partial charge in [0, 0.05) is 17.5 Å². The third kappa shape index (κ3) is 2.70. The van der Waals surface area contributed by atoms with Crippen LogP contribution in [0.2, 0.25) is 0 Å². The summed E-state index contributed by atoms with van der Waals surface area (Å²) in [6.07, 6.45) is 1.08. The summed E-state index contributed by atoms with van der Waals surface area (Å²) in [5, 5.41) is 8.96. The lowest BCUT2D eigenvalue weighted by Gasteiger charge is -2.29. The van der Waals surface area contributed by atoms with Crippen molar-refractivity contribution in [1.29, 1.82) is 0 Å². The molecular formula is C12H15NO2S. The van der Waals surface area contributed by atoms with Crippen LogP contribution in [0.5, 0.6) is 0 Å². The monoisotopic (exact) mass is 237 g/mol. The van der Waals surface area contributed by atoms with E-state index in [1.165, 1.54) is 0 Å². The zero-order chi connectivity index (χ0) is 11.4. The quantitative estimate of drug-likeness (QED) is 0.870. The highest BCUT2D eigenvalue weighted by atomic mass is 32.2. The summed E-state index contributed by atoms with van der Waals surface area (Å²) in [6.45, 7) is 0.0925. The molecule has 0 saturated carbocycles. The van der Waals surface area contributed by atoms with E-state index in [2.05, 4.69) is 0 Å². The van der Waals surface area contributed by atoms with Crippen LogP contribution >= 0.6 is 11.8 Å². The van der Waals surface area contributed by atoms with E-state index < -0.39 is 5.97 Å². The number of carbonyl (C=O) groups is 1. The Labute approximate surface area is 99.5 Å². The zero-order valence-corrected chi connectivity index (χ0v) is 9.82. The van der Waals surface area contributed by atoms with E-state index in [0.29, 0.717) is 6.04 Å². The van der Waals surface area contributed by atoms with Crippen LogP contribution in [0.1, 0.15) is 6.42 Å². The number of anilines is 1. The smallest absolute Gasteiger partial charge is 0.323 e. The molecule has 0 radical (unpaired) electrons. The Bertz CT molecular complexity index is 349. The average Bonchev–Trinajstić information content (AvgIpc) is 2.80. The number of hydrogen-bond acceptors (Lipinski definition) is 3. The summed E-state index contributed by atoms with van der Waals surface area (Å²) in [4.78, 5) is 12.9. The predicted octanol–water partition coefficient (Wildman–Crippen LogP) is 2.08. The van der Waals surface area contributed by atoms with E-state index in [0.717, 1.165) is 23.6 Å². The molecule has 0 spiro atoms. The van der Waals surface area contributed by atoms with Crippen molar-refractivity contribution in [1.82, 2.24) is 0 Å². The summed E-state index contributed by atoms with van der Waals surface area (Å²) in [5.41, 5.74) is 1.01. The number of rotatable bonds is 4. The second-order valence-electron chi connectivity index (χ2n) is 3.87. The first-order valence-corrected chi connectivity index (χ1v) is 6.54. The number of nitrogens with zero attached hydrogens (tertiary/aromatic N) is 1. The highest BCUT2D eigenvalue weighted by molar-refractivity contribution is 7.99. The minimum atomic E-state index is -0.763. The molecule has 1 aliphatic rings. The predicted molar refractivity (Wildman–Crippen MR) is 67.2 cm³/mol. The van der Waals surface area contributed by atoms with Crippen LogP contribution in [0.25, 0.3) is 0 Å². The summed E-state index contributed by atoms with van der Waals surface area (Å²) in [6, 6.07) is 10.2. The second-order valence-corrected chi connectivity index (χ2v) is 5.02. The van der Waals surface area contributed by atoms with Gasteiger partial charge in [0.2, 0.25) is 0 Å². The van der Waals surface area contributed by atoms with Gasteiger partial charge in [-0.25, -0.2) is 0 Å². The molecular weight excluding hydrogens is 222 g/mol. The number of carboxylic acids is 1. The minimum Gasteiger partial charge on any atom is -0.480 e. The van der Waals surface area contributed by atoms with Crippen molar-refractivity contribution in [3.05, 3.63) is 30.3 Å². The maximum absolute atomic E-state index is 10.9. The van der Waals surface area contributed by atoms with E-state index in [1.54, 1.807) is 0 Å². The Morgan fingerprint density at radius 3 is 2.75 bits per heavy atom. The SMILES string of the molecule is O=C(O)CN(c1ccccc1)C1CCSC1. The molecule has 4 heteroatoms. The molecule has 3 nitrogen and oxygen atoms in total. The lowest BCUT2D eigenvalue weighted by Crippen LogP contribution is -2.39. The fourth-order valence-corrected chi connectivity index (χ4v) is 3.19. The van der Waals surface area contributed by atoms with Crippen LogP contribution in [-0.4, -0.2) is 35.2 Å². The van der Waals surface area contributed by atoms with Gasteiger partial charge in [-0.2, -0.15) is 11.8 Å². The third-order valence-electron chi connectivity index (χ3n) is 2.74. The number of para-hydroxylation sites is 1. The van der Waals surface area contributed by atoms with E-state index in [9.17, 15) is 4.79 Å². The summed E-state index contributed by atoms with van der Waals surface area (Å²) >= 11 is 1.90. The maximum Gasteiger partial charge on any atom is 0.323 e. The van der Waals surface area contributed by atoms with Gasteiger partial charge in [0.1, 0.15) is 6.54 Å². The van der Waals surface area contributed by atoms with Crippen molar-refractivity contribution >= 4 is 23.4 Å². The molecule has 0 bridgehead atoms. The molecule has 2 rings (SSSR count). The van der Waals surface area contributed by atoms with Crippen LogP contribution in [-0.2, 0) is 4.79 Å². The molecule has 1 aromatic carbocycles. The van der Waals surface area contributed by atoms with E-state index >= 15 is 0 Å². The maximum atomic E-state index is 10.9. The molecule has 16 heavy (non-hydrogen) atoms. The largest absolute Gasteiger partial charge is 0.480 e. The minimum absolute atomic E-state index is 0.0925. The van der Waals surface area contributed by atoms with Crippen molar-refractivity contribution < 1.29 is 9.90 Å². The molecule has 1 fully saturated rings. The Balaban J connectivity index is 2.16. The molecule has 1 heterocycles. The van der Waals surface area contributed by atoms with Crippen LogP contribution in [0.3, 0.4) is 0 Å². The Morgan fingerprint density at radius 1 is 1.44 bits per heavy atom. The van der Waals surface area contributed by atoms with Gasteiger partial charge >= 0.3 is 5.97 Å². The van der Waals surface area contributed by atoms with Crippen molar-refractivity contribution in [2.24, 2.45) is 0 Å². The second kappa shape index (κ2) is 5.25. The average molecular weight is 237 g/mol. The van der Waals surface area contributed by atoms with Crippen LogP contribution < -0.4 is 4.90 Å². The molecule has 0 aliphatic carbocycles. The number of hydrogen-bond donors (Lipinski definition) is 1. The van der Waals surface area contributed by atoms with Crippen molar-refractivity contribution in [2.45, 2.75) is 12.5 Å². The molecule has 86 valence electrons.